The Morgan fingerprint density at radius 1 is 1.24 bits per heavy atom. The second-order valence-corrected chi connectivity index (χ2v) is 5.31. The lowest BCUT2D eigenvalue weighted by atomic mass is 9.95. The first-order valence-corrected chi connectivity index (χ1v) is 6.85. The number of rotatable bonds is 7. The summed E-state index contributed by atoms with van der Waals surface area (Å²) in [4.78, 5) is 0. The van der Waals surface area contributed by atoms with Crippen LogP contribution in [0, 0.1) is 12.8 Å². The lowest BCUT2D eigenvalue weighted by molar-refractivity contribution is 0.134. The molecule has 0 saturated heterocycles. The molecule has 0 aliphatic heterocycles. The predicted molar refractivity (Wildman–Crippen MR) is 74.2 cm³/mol. The molecule has 2 unspecified atom stereocenters. The molecule has 96 valence electrons. The largest absolute Gasteiger partial charge is 0.393 e. The van der Waals surface area contributed by atoms with Gasteiger partial charge in [0.2, 0.25) is 0 Å². The van der Waals surface area contributed by atoms with Gasteiger partial charge in [-0.3, -0.25) is 0 Å². The van der Waals surface area contributed by atoms with Crippen LogP contribution in [0.5, 0.6) is 0 Å². The molecule has 1 aromatic rings. The highest BCUT2D eigenvalue weighted by molar-refractivity contribution is 5.22. The summed E-state index contributed by atoms with van der Waals surface area (Å²) < 4.78 is 0. The standard InChI is InChI=1S/C16H26O/c1-4-6-13(2)12-16(17)10-9-15-8-5-7-14(3)11-15/h5,7-8,11,13,16-17H,4,6,9-10,12H2,1-3H3. The second-order valence-electron chi connectivity index (χ2n) is 5.31. The van der Waals surface area contributed by atoms with Gasteiger partial charge in [0.1, 0.15) is 0 Å². The van der Waals surface area contributed by atoms with Gasteiger partial charge in [-0.2, -0.15) is 0 Å². The first-order chi connectivity index (χ1) is 8.11. The van der Waals surface area contributed by atoms with Gasteiger partial charge in [0.25, 0.3) is 0 Å². The summed E-state index contributed by atoms with van der Waals surface area (Å²) in [6.45, 7) is 6.55. The van der Waals surface area contributed by atoms with E-state index in [4.69, 9.17) is 0 Å². The van der Waals surface area contributed by atoms with Crippen molar-refractivity contribution in [2.75, 3.05) is 0 Å². The third-order valence-electron chi connectivity index (χ3n) is 3.30. The minimum Gasteiger partial charge on any atom is -0.393 e. The molecule has 1 N–H and O–H groups in total. The Kier molecular flexibility index (Phi) is 6.28. The Labute approximate surface area is 106 Å². The van der Waals surface area contributed by atoms with Crippen molar-refractivity contribution in [3.8, 4) is 0 Å². The fraction of sp³-hybridized carbons (Fsp3) is 0.625. The maximum Gasteiger partial charge on any atom is 0.0546 e. The Balaban J connectivity index is 2.30. The van der Waals surface area contributed by atoms with Crippen molar-refractivity contribution in [3.63, 3.8) is 0 Å². The number of hydrogen-bond acceptors (Lipinski definition) is 1. The van der Waals surface area contributed by atoms with Crippen LogP contribution in [0.15, 0.2) is 24.3 Å². The van der Waals surface area contributed by atoms with E-state index in [1.807, 2.05) is 0 Å². The van der Waals surface area contributed by atoms with Gasteiger partial charge in [-0.1, -0.05) is 56.5 Å². The fourth-order valence-corrected chi connectivity index (χ4v) is 2.39. The van der Waals surface area contributed by atoms with Crippen molar-refractivity contribution in [2.45, 2.75) is 59.0 Å². The molecule has 0 bridgehead atoms. The highest BCUT2D eigenvalue weighted by Gasteiger charge is 2.09. The topological polar surface area (TPSA) is 20.2 Å². The van der Waals surface area contributed by atoms with E-state index in [2.05, 4.69) is 45.0 Å². The Morgan fingerprint density at radius 3 is 2.65 bits per heavy atom. The molecule has 0 fully saturated rings. The van der Waals surface area contributed by atoms with Crippen molar-refractivity contribution >= 4 is 0 Å². The molecule has 0 amide bonds. The molecule has 0 heterocycles. The zero-order valence-corrected chi connectivity index (χ0v) is 11.4. The summed E-state index contributed by atoms with van der Waals surface area (Å²) in [7, 11) is 0. The number of aryl methyl sites for hydroxylation is 2. The van der Waals surface area contributed by atoms with Crippen LogP contribution in [0.25, 0.3) is 0 Å². The summed E-state index contributed by atoms with van der Waals surface area (Å²) in [5.74, 6) is 0.646. The van der Waals surface area contributed by atoms with Gasteiger partial charge in [-0.05, 0) is 37.7 Å². The molecule has 1 rings (SSSR count). The molecular weight excluding hydrogens is 208 g/mol. The molecule has 1 aromatic carbocycles. The average Bonchev–Trinajstić information content (AvgIpc) is 2.27. The molecule has 0 radical (unpaired) electrons. The maximum atomic E-state index is 9.98. The summed E-state index contributed by atoms with van der Waals surface area (Å²) in [6.07, 6.45) is 5.11. The van der Waals surface area contributed by atoms with E-state index in [1.165, 1.54) is 24.0 Å². The van der Waals surface area contributed by atoms with E-state index < -0.39 is 0 Å². The van der Waals surface area contributed by atoms with Crippen molar-refractivity contribution in [1.82, 2.24) is 0 Å². The van der Waals surface area contributed by atoms with E-state index in [0.29, 0.717) is 5.92 Å². The van der Waals surface area contributed by atoms with Crippen LogP contribution in [0.3, 0.4) is 0 Å². The van der Waals surface area contributed by atoms with Gasteiger partial charge in [0, 0.05) is 0 Å². The molecule has 1 nitrogen and oxygen atoms in total. The third-order valence-corrected chi connectivity index (χ3v) is 3.30. The van der Waals surface area contributed by atoms with Crippen molar-refractivity contribution < 1.29 is 5.11 Å². The highest BCUT2D eigenvalue weighted by Crippen LogP contribution is 2.16. The molecule has 0 aliphatic carbocycles. The number of hydrogen-bond donors (Lipinski definition) is 1. The monoisotopic (exact) mass is 234 g/mol. The van der Waals surface area contributed by atoms with E-state index in [-0.39, 0.29) is 6.10 Å². The molecule has 0 spiro atoms. The number of benzene rings is 1. The highest BCUT2D eigenvalue weighted by atomic mass is 16.3. The zero-order valence-electron chi connectivity index (χ0n) is 11.4. The third kappa shape index (κ3) is 5.88. The first kappa shape index (κ1) is 14.2. The van der Waals surface area contributed by atoms with Crippen LogP contribution in [0.2, 0.25) is 0 Å². The molecule has 0 saturated carbocycles. The minimum absolute atomic E-state index is 0.142. The van der Waals surface area contributed by atoms with Gasteiger partial charge in [0.15, 0.2) is 0 Å². The molecule has 0 aromatic heterocycles. The number of aliphatic hydroxyl groups excluding tert-OH is 1. The molecule has 1 heteroatoms. The smallest absolute Gasteiger partial charge is 0.0546 e. The van der Waals surface area contributed by atoms with Gasteiger partial charge in [-0.25, -0.2) is 0 Å². The predicted octanol–water partition coefficient (Wildman–Crippen LogP) is 4.11. The Bertz CT molecular complexity index is 319. The lowest BCUT2D eigenvalue weighted by Gasteiger charge is -2.15. The van der Waals surface area contributed by atoms with Crippen LogP contribution in [0.1, 0.15) is 50.7 Å². The van der Waals surface area contributed by atoms with Gasteiger partial charge in [0.05, 0.1) is 6.10 Å². The summed E-state index contributed by atoms with van der Waals surface area (Å²) in [5.41, 5.74) is 2.64. The van der Waals surface area contributed by atoms with E-state index in [1.54, 1.807) is 0 Å². The second kappa shape index (κ2) is 7.50. The van der Waals surface area contributed by atoms with Gasteiger partial charge in [-0.15, -0.1) is 0 Å². The van der Waals surface area contributed by atoms with Crippen LogP contribution < -0.4 is 0 Å². The SMILES string of the molecule is CCCC(C)CC(O)CCc1cccc(C)c1. The van der Waals surface area contributed by atoms with E-state index >= 15 is 0 Å². The van der Waals surface area contributed by atoms with Crippen molar-refractivity contribution in [2.24, 2.45) is 5.92 Å². The molecular formula is C16H26O. The zero-order chi connectivity index (χ0) is 12.7. The quantitative estimate of drug-likeness (QED) is 0.752. The fourth-order valence-electron chi connectivity index (χ4n) is 2.39. The van der Waals surface area contributed by atoms with Crippen LogP contribution in [-0.4, -0.2) is 11.2 Å². The van der Waals surface area contributed by atoms with Gasteiger partial charge < -0.3 is 5.11 Å². The minimum atomic E-state index is -0.142. The van der Waals surface area contributed by atoms with E-state index in [9.17, 15) is 5.11 Å². The van der Waals surface area contributed by atoms with Gasteiger partial charge >= 0.3 is 0 Å². The molecule has 2 atom stereocenters. The van der Waals surface area contributed by atoms with Crippen LogP contribution >= 0.6 is 0 Å². The molecule has 0 aliphatic rings. The summed E-state index contributed by atoms with van der Waals surface area (Å²) >= 11 is 0. The van der Waals surface area contributed by atoms with Crippen molar-refractivity contribution in [3.05, 3.63) is 35.4 Å². The molecule has 17 heavy (non-hydrogen) atoms. The van der Waals surface area contributed by atoms with Crippen LogP contribution in [0.4, 0.5) is 0 Å². The Morgan fingerprint density at radius 2 is 2.00 bits per heavy atom. The summed E-state index contributed by atoms with van der Waals surface area (Å²) in [6, 6.07) is 8.57. The van der Waals surface area contributed by atoms with Crippen LogP contribution in [-0.2, 0) is 6.42 Å². The lowest BCUT2D eigenvalue weighted by Crippen LogP contribution is -2.12. The maximum absolute atomic E-state index is 9.98. The first-order valence-electron chi connectivity index (χ1n) is 6.85. The normalized spacial score (nSPS) is 14.6. The van der Waals surface area contributed by atoms with Crippen molar-refractivity contribution in [1.29, 1.82) is 0 Å². The summed E-state index contributed by atoms with van der Waals surface area (Å²) in [5, 5.41) is 9.98. The number of aliphatic hydroxyl groups is 1. The Hall–Kier alpha value is -0.820. The average molecular weight is 234 g/mol. The van der Waals surface area contributed by atoms with E-state index in [0.717, 1.165) is 19.3 Å².